The van der Waals surface area contributed by atoms with Crippen LogP contribution < -0.4 is 19.6 Å². The fourth-order valence-electron chi connectivity index (χ4n) is 21.3. The van der Waals surface area contributed by atoms with Gasteiger partial charge in [-0.25, -0.2) is 43.9 Å². The fourth-order valence-corrected chi connectivity index (χ4v) is 21.3. The first-order valence-corrected chi connectivity index (χ1v) is 49.2. The Morgan fingerprint density at radius 2 is 0.358 bits per heavy atom. The number of aryl methyl sites for hydroxylation is 4. The molecule has 0 bridgehead atoms. The lowest BCUT2D eigenvalue weighted by Crippen LogP contribution is -2.15. The minimum absolute atomic E-state index is 0.245. The van der Waals surface area contributed by atoms with Crippen LogP contribution in [0.3, 0.4) is 0 Å². The van der Waals surface area contributed by atoms with Crippen LogP contribution in [0.15, 0.2) is 449 Å². The summed E-state index contributed by atoms with van der Waals surface area (Å²) in [5, 5.41) is 11.0. The molecule has 0 aliphatic carbocycles. The van der Waals surface area contributed by atoms with Gasteiger partial charge in [0.05, 0.1) is 34.1 Å². The van der Waals surface area contributed by atoms with Crippen molar-refractivity contribution >= 4 is 133 Å². The van der Waals surface area contributed by atoms with Crippen LogP contribution >= 0.6 is 0 Å². The number of hydrogen-bond donors (Lipinski definition) is 0. The van der Waals surface area contributed by atoms with Gasteiger partial charge in [0.25, 0.3) is 0 Å². The van der Waals surface area contributed by atoms with Gasteiger partial charge in [0.1, 0.15) is 58.2 Å². The Morgan fingerprint density at radius 3 is 0.561 bits per heavy atom. The molecule has 0 saturated heterocycles. The standard InChI is InChI=1S/C68H48F4N2.C66H42F6N2/c1-3-43-21-29-51(30-22-43)73(53-39-47(55-13-5-9-17-61(55)69)37-48(40-53)56-14-6-10-18-62(56)70)65-35-27-45-26-34-60-66(36-28-46-25-33-59(65)67(45)68(46)60)74(52-31-23-44(4-2)24-32-52)54-41-49(57-15-7-11-19-63(57)71)38-50(42-54)58-16-8-12-20-64(58)72;1-39-13-11-23-59(71)65(39)73(47-35-43(49-15-3-7-19-55(49)67)33-44(36-47)50-16-4-8-20-56(50)68)61-31-27-41-26-30-54-62(32-28-42-25-29-53(61)63(41)64(42)54)74(66-40(2)14-12-24-60(66)72)48-37-45(51-17-5-9-21-57(51)69)34-46(38-48)52-18-6-10-22-58(52)70/h5-42H,3-4H2,1-2H3;3-38H,1-2H3. The maximum atomic E-state index is 16.9. The van der Waals surface area contributed by atoms with Crippen LogP contribution in [0.1, 0.15) is 36.1 Å². The van der Waals surface area contributed by atoms with Crippen molar-refractivity contribution in [1.29, 1.82) is 0 Å². The summed E-state index contributed by atoms with van der Waals surface area (Å²) in [6, 6.07) is 134. The zero-order valence-corrected chi connectivity index (χ0v) is 80.7. The summed E-state index contributed by atoms with van der Waals surface area (Å²) in [5.74, 6) is -4.42. The second-order valence-electron chi connectivity index (χ2n) is 37.3. The van der Waals surface area contributed by atoms with Gasteiger partial charge >= 0.3 is 0 Å². The van der Waals surface area contributed by atoms with E-state index in [9.17, 15) is 0 Å². The molecule has 0 aromatic heterocycles. The maximum absolute atomic E-state index is 16.9. The zero-order valence-electron chi connectivity index (χ0n) is 80.7. The third-order valence-electron chi connectivity index (χ3n) is 28.4. The van der Waals surface area contributed by atoms with E-state index in [1.165, 1.54) is 71.8 Å². The molecule has 24 aromatic carbocycles. The summed E-state index contributed by atoms with van der Waals surface area (Å²) in [5.41, 5.74) is 18.2. The largest absolute Gasteiger partial charge is 0.310 e. The topological polar surface area (TPSA) is 13.0 Å². The summed E-state index contributed by atoms with van der Waals surface area (Å²) in [6.45, 7) is 7.90. The van der Waals surface area contributed by atoms with Crippen molar-refractivity contribution < 1.29 is 43.9 Å². The monoisotopic (exact) mass is 1940 g/mol. The molecule has 24 rings (SSSR count). The molecule has 0 atom stereocenters. The number of rotatable bonds is 22. The average Bonchev–Trinajstić information content (AvgIpc) is 0.704. The molecule has 0 saturated carbocycles. The molecule has 716 valence electrons. The predicted molar refractivity (Wildman–Crippen MR) is 590 cm³/mol. The van der Waals surface area contributed by atoms with Gasteiger partial charge in [-0.2, -0.15) is 0 Å². The molecule has 0 aliphatic rings. The van der Waals surface area contributed by atoms with E-state index in [-0.39, 0.29) is 56.9 Å². The van der Waals surface area contributed by atoms with Crippen molar-refractivity contribution in [3.8, 4) is 89.0 Å². The number of nitrogens with zero attached hydrogens (tertiary/aromatic N) is 4. The summed E-state index contributed by atoms with van der Waals surface area (Å²) in [6.07, 6.45) is 1.72. The van der Waals surface area contributed by atoms with Crippen molar-refractivity contribution in [3.05, 3.63) is 529 Å². The fraction of sp³-hybridized carbons (Fsp3) is 0.0448. The Balaban J connectivity index is 0.000000163. The molecule has 148 heavy (non-hydrogen) atoms. The molecule has 24 aromatic rings. The summed E-state index contributed by atoms with van der Waals surface area (Å²) in [7, 11) is 0. The van der Waals surface area contributed by atoms with Gasteiger partial charge in [-0.3, -0.25) is 0 Å². The summed E-state index contributed by atoms with van der Waals surface area (Å²) >= 11 is 0. The van der Waals surface area contributed by atoms with Crippen molar-refractivity contribution in [2.24, 2.45) is 0 Å². The number of anilines is 12. The Morgan fingerprint density at radius 1 is 0.169 bits per heavy atom. The summed E-state index contributed by atoms with van der Waals surface area (Å²) in [4.78, 5) is 8.03. The Kier molecular flexibility index (Phi) is 24.8. The minimum Gasteiger partial charge on any atom is -0.310 e. The first kappa shape index (κ1) is 93.5. The van der Waals surface area contributed by atoms with Gasteiger partial charge in [0.15, 0.2) is 0 Å². The van der Waals surface area contributed by atoms with E-state index in [0.29, 0.717) is 101 Å². The van der Waals surface area contributed by atoms with Gasteiger partial charge in [0.2, 0.25) is 0 Å². The first-order valence-electron chi connectivity index (χ1n) is 49.2. The van der Waals surface area contributed by atoms with E-state index in [2.05, 4.69) is 121 Å². The van der Waals surface area contributed by atoms with Gasteiger partial charge in [0, 0.05) is 100 Å². The third kappa shape index (κ3) is 17.2. The van der Waals surface area contributed by atoms with Crippen LogP contribution in [0.5, 0.6) is 0 Å². The molecule has 0 amide bonds. The van der Waals surface area contributed by atoms with E-state index in [4.69, 9.17) is 0 Å². The van der Waals surface area contributed by atoms with Crippen LogP contribution in [0.2, 0.25) is 0 Å². The smallest absolute Gasteiger partial charge is 0.147 e. The van der Waals surface area contributed by atoms with E-state index >= 15 is 43.9 Å². The van der Waals surface area contributed by atoms with Crippen LogP contribution in [0, 0.1) is 72.0 Å². The normalized spacial score (nSPS) is 11.5. The minimum atomic E-state index is -0.509. The lowest BCUT2D eigenvalue weighted by molar-refractivity contribution is 0.627. The maximum Gasteiger partial charge on any atom is 0.147 e. The van der Waals surface area contributed by atoms with Crippen LogP contribution in [0.25, 0.3) is 154 Å². The molecule has 0 aliphatic heterocycles. The van der Waals surface area contributed by atoms with Crippen molar-refractivity contribution in [3.63, 3.8) is 0 Å². The quantitative estimate of drug-likeness (QED) is 0.0495. The van der Waals surface area contributed by atoms with Gasteiger partial charge in [-0.05, 0) is 319 Å². The van der Waals surface area contributed by atoms with Gasteiger partial charge in [-0.15, -0.1) is 0 Å². The van der Waals surface area contributed by atoms with E-state index in [1.54, 1.807) is 170 Å². The number of para-hydroxylation sites is 2. The molecular weight excluding hydrogens is 1860 g/mol. The number of benzene rings is 24. The lowest BCUT2D eigenvalue weighted by Gasteiger charge is -2.31. The van der Waals surface area contributed by atoms with Crippen molar-refractivity contribution in [2.45, 2.75) is 40.5 Å². The molecular formula is C134H90F10N4. The zero-order chi connectivity index (χ0) is 101. The highest BCUT2D eigenvalue weighted by atomic mass is 19.2. The highest BCUT2D eigenvalue weighted by molar-refractivity contribution is 6.30. The predicted octanol–water partition coefficient (Wildman–Crippen LogP) is 39.5. The third-order valence-corrected chi connectivity index (χ3v) is 28.4. The molecule has 0 fully saturated rings. The molecule has 0 N–H and O–H groups in total. The molecule has 0 unspecified atom stereocenters. The van der Waals surface area contributed by atoms with Crippen LogP contribution in [-0.2, 0) is 12.8 Å². The van der Waals surface area contributed by atoms with E-state index < -0.39 is 34.9 Å². The molecule has 0 heterocycles. The second-order valence-corrected chi connectivity index (χ2v) is 37.3. The average molecular weight is 1950 g/mol. The van der Waals surface area contributed by atoms with Crippen molar-refractivity contribution in [2.75, 3.05) is 19.6 Å². The molecule has 0 spiro atoms. The highest BCUT2D eigenvalue weighted by Crippen LogP contribution is 2.55. The Labute approximate surface area is 849 Å². The van der Waals surface area contributed by atoms with E-state index in [1.807, 2.05) is 145 Å². The Bertz CT molecular complexity index is 8450. The highest BCUT2D eigenvalue weighted by Gasteiger charge is 2.32. The van der Waals surface area contributed by atoms with Crippen molar-refractivity contribution in [1.82, 2.24) is 0 Å². The van der Waals surface area contributed by atoms with Crippen LogP contribution in [0.4, 0.5) is 112 Å². The molecule has 14 heteroatoms. The number of halogens is 10. The second kappa shape index (κ2) is 39.2. The van der Waals surface area contributed by atoms with Gasteiger partial charge < -0.3 is 19.6 Å². The molecule has 4 nitrogen and oxygen atoms in total. The first-order chi connectivity index (χ1) is 72.3. The van der Waals surface area contributed by atoms with Crippen LogP contribution in [-0.4, -0.2) is 0 Å². The molecule has 0 radical (unpaired) electrons. The Hall–Kier alpha value is -18.1. The van der Waals surface area contributed by atoms with E-state index in [0.717, 1.165) is 112 Å². The van der Waals surface area contributed by atoms with Gasteiger partial charge in [-0.1, -0.05) is 281 Å². The SMILES string of the molecule is CCc1ccc(N(c2cc(-c3ccccc3F)cc(-c3ccccc3F)c2)c2ccc3ccc4c(N(c5ccc(CC)cc5)c5cc(-c6ccccc6F)cc(-c6ccccc6F)c5)ccc5ccc2c3c54)cc1.Cc1cccc(F)c1N(c1cc(-c2ccccc2F)cc(-c2ccccc2F)c1)c1ccc2ccc3c(N(c4cc(-c5ccccc5F)cc(-c5ccccc5F)c4)c4c(C)cccc4F)ccc4ccc1c2c43. The summed E-state index contributed by atoms with van der Waals surface area (Å²) < 4.78 is 160. The number of hydrogen-bond acceptors (Lipinski definition) is 4. The lowest BCUT2D eigenvalue weighted by atomic mass is 9.91.